The maximum Gasteiger partial charge on any atom is 0.244 e. The highest BCUT2D eigenvalue weighted by molar-refractivity contribution is 5.95. The van der Waals surface area contributed by atoms with Crippen molar-refractivity contribution in [3.63, 3.8) is 0 Å². The number of nitrogens with one attached hydrogen (secondary N) is 2. The van der Waals surface area contributed by atoms with Gasteiger partial charge in [-0.05, 0) is 53.2 Å². The van der Waals surface area contributed by atoms with E-state index in [1.807, 2.05) is 65.2 Å². The number of ether oxygens (including phenoxy) is 2. The molecule has 8 heteroatoms. The number of benzene rings is 4. The third-order valence-corrected chi connectivity index (χ3v) is 5.92. The summed E-state index contributed by atoms with van der Waals surface area (Å²) in [6.45, 7) is 1.64. The summed E-state index contributed by atoms with van der Waals surface area (Å²) in [5.74, 6) is 1.36. The van der Waals surface area contributed by atoms with Gasteiger partial charge in [-0.25, -0.2) is 4.98 Å². The number of anilines is 2. The summed E-state index contributed by atoms with van der Waals surface area (Å²) in [5.41, 5.74) is 2.62. The average Bonchev–Trinajstić information content (AvgIpc) is 3.24. The molecule has 186 valence electrons. The molecule has 0 saturated carbocycles. The molecule has 0 fully saturated rings. The van der Waals surface area contributed by atoms with Crippen LogP contribution in [-0.2, 0) is 22.7 Å². The Morgan fingerprint density at radius 2 is 1.68 bits per heavy atom. The van der Waals surface area contributed by atoms with E-state index < -0.39 is 0 Å². The molecule has 0 aliphatic rings. The zero-order chi connectivity index (χ0) is 25.8. The van der Waals surface area contributed by atoms with Gasteiger partial charge in [0.05, 0.1) is 23.8 Å². The molecule has 37 heavy (non-hydrogen) atoms. The van der Waals surface area contributed by atoms with Crippen LogP contribution < -0.4 is 20.1 Å². The normalized spacial score (nSPS) is 10.9. The van der Waals surface area contributed by atoms with Crippen LogP contribution in [0.2, 0.25) is 0 Å². The molecule has 1 heterocycles. The zero-order valence-corrected chi connectivity index (χ0v) is 20.5. The van der Waals surface area contributed by atoms with Gasteiger partial charge in [-0.15, -0.1) is 0 Å². The van der Waals surface area contributed by atoms with Crippen LogP contribution in [0.5, 0.6) is 11.5 Å². The second kappa shape index (κ2) is 10.4. The molecule has 0 aliphatic carbocycles. The first-order valence-corrected chi connectivity index (χ1v) is 11.8. The molecular weight excluding hydrogens is 468 g/mol. The lowest BCUT2D eigenvalue weighted by atomic mass is 10.1. The van der Waals surface area contributed by atoms with Crippen molar-refractivity contribution in [1.29, 1.82) is 0 Å². The Kier molecular flexibility index (Phi) is 6.72. The van der Waals surface area contributed by atoms with Crippen molar-refractivity contribution in [3.8, 4) is 11.5 Å². The van der Waals surface area contributed by atoms with Crippen molar-refractivity contribution >= 4 is 45.0 Å². The quantitative estimate of drug-likeness (QED) is 0.302. The zero-order valence-electron chi connectivity index (χ0n) is 20.5. The standard InChI is InChI=1S/C29H26N4O4/c1-19(34)30-22-12-14-27(36-2)25(16-22)32-29(35)17-33-26-10-6-5-9-24(26)31-28(33)18-37-23-13-11-20-7-3-4-8-21(20)15-23/h3-16H,17-18H2,1-2H3,(H,30,34)(H,32,35). The van der Waals surface area contributed by atoms with Crippen LogP contribution >= 0.6 is 0 Å². The summed E-state index contributed by atoms with van der Waals surface area (Å²) >= 11 is 0. The second-order valence-corrected chi connectivity index (χ2v) is 8.54. The first kappa shape index (κ1) is 23.9. The van der Waals surface area contributed by atoms with Gasteiger partial charge in [0.15, 0.2) is 0 Å². The fourth-order valence-electron chi connectivity index (χ4n) is 4.24. The lowest BCUT2D eigenvalue weighted by Gasteiger charge is -2.14. The maximum atomic E-state index is 13.2. The van der Waals surface area contributed by atoms with E-state index in [1.165, 1.54) is 14.0 Å². The first-order valence-electron chi connectivity index (χ1n) is 11.8. The molecule has 0 aliphatic heterocycles. The monoisotopic (exact) mass is 494 g/mol. The Hall–Kier alpha value is -4.85. The average molecular weight is 495 g/mol. The number of carbonyl (C=O) groups excluding carboxylic acids is 2. The Bertz CT molecular complexity index is 1610. The van der Waals surface area contributed by atoms with Crippen LogP contribution in [-0.4, -0.2) is 28.5 Å². The fourth-order valence-corrected chi connectivity index (χ4v) is 4.24. The maximum absolute atomic E-state index is 13.2. The summed E-state index contributed by atoms with van der Waals surface area (Å²) in [5, 5.41) is 7.83. The van der Waals surface area contributed by atoms with Gasteiger partial charge in [0.25, 0.3) is 0 Å². The van der Waals surface area contributed by atoms with Crippen molar-refractivity contribution in [1.82, 2.24) is 9.55 Å². The summed E-state index contributed by atoms with van der Waals surface area (Å²) in [6, 6.07) is 26.7. The number of carbonyl (C=O) groups is 2. The molecule has 5 aromatic rings. The van der Waals surface area contributed by atoms with Gasteiger partial charge >= 0.3 is 0 Å². The van der Waals surface area contributed by atoms with Crippen LogP contribution in [0.3, 0.4) is 0 Å². The fraction of sp³-hybridized carbons (Fsp3) is 0.138. The highest BCUT2D eigenvalue weighted by Gasteiger charge is 2.16. The minimum absolute atomic E-state index is 0.0183. The third kappa shape index (κ3) is 5.38. The summed E-state index contributed by atoms with van der Waals surface area (Å²) < 4.78 is 13.3. The van der Waals surface area contributed by atoms with Crippen LogP contribution in [0.4, 0.5) is 11.4 Å². The molecule has 5 rings (SSSR count). The summed E-state index contributed by atoms with van der Waals surface area (Å²) in [4.78, 5) is 29.3. The van der Waals surface area contributed by atoms with Crippen molar-refractivity contribution in [2.24, 2.45) is 0 Å². The smallest absolute Gasteiger partial charge is 0.244 e. The van der Waals surface area contributed by atoms with Crippen molar-refractivity contribution in [3.05, 3.63) is 90.8 Å². The predicted molar refractivity (Wildman–Crippen MR) is 144 cm³/mol. The number of amides is 2. The number of methoxy groups -OCH3 is 1. The van der Waals surface area contributed by atoms with E-state index in [0.29, 0.717) is 22.9 Å². The minimum atomic E-state index is -0.270. The molecule has 2 amide bonds. The summed E-state index contributed by atoms with van der Waals surface area (Å²) in [6.07, 6.45) is 0. The van der Waals surface area contributed by atoms with E-state index in [0.717, 1.165) is 27.6 Å². The number of para-hydroxylation sites is 2. The largest absolute Gasteiger partial charge is 0.495 e. The molecule has 0 unspecified atom stereocenters. The minimum Gasteiger partial charge on any atom is -0.495 e. The molecule has 0 bridgehead atoms. The second-order valence-electron chi connectivity index (χ2n) is 8.54. The summed E-state index contributed by atoms with van der Waals surface area (Å²) in [7, 11) is 1.52. The molecule has 0 radical (unpaired) electrons. The number of hydrogen-bond acceptors (Lipinski definition) is 5. The number of imidazole rings is 1. The highest BCUT2D eigenvalue weighted by Crippen LogP contribution is 2.28. The Morgan fingerprint density at radius 3 is 2.49 bits per heavy atom. The van der Waals surface area contributed by atoms with Gasteiger partial charge < -0.3 is 24.7 Å². The Balaban J connectivity index is 1.38. The SMILES string of the molecule is COc1ccc(NC(C)=O)cc1NC(=O)Cn1c(COc2ccc3ccccc3c2)nc2ccccc21. The molecular formula is C29H26N4O4. The van der Waals surface area contributed by atoms with E-state index in [-0.39, 0.29) is 25.0 Å². The van der Waals surface area contributed by atoms with Crippen molar-refractivity contribution < 1.29 is 19.1 Å². The Morgan fingerprint density at radius 1 is 0.892 bits per heavy atom. The number of fused-ring (bicyclic) bond motifs is 2. The third-order valence-electron chi connectivity index (χ3n) is 5.92. The van der Waals surface area contributed by atoms with E-state index in [9.17, 15) is 9.59 Å². The lowest BCUT2D eigenvalue weighted by molar-refractivity contribution is -0.117. The van der Waals surface area contributed by atoms with E-state index >= 15 is 0 Å². The van der Waals surface area contributed by atoms with Crippen molar-refractivity contribution in [2.75, 3.05) is 17.7 Å². The van der Waals surface area contributed by atoms with E-state index in [4.69, 9.17) is 14.5 Å². The van der Waals surface area contributed by atoms with Crippen LogP contribution in [0.1, 0.15) is 12.7 Å². The number of rotatable bonds is 8. The van der Waals surface area contributed by atoms with Gasteiger partial charge in [0.2, 0.25) is 11.8 Å². The topological polar surface area (TPSA) is 94.5 Å². The molecule has 0 saturated heterocycles. The predicted octanol–water partition coefficient (Wildman–Crippen LogP) is 5.37. The van der Waals surface area contributed by atoms with Gasteiger partial charge in [-0.1, -0.05) is 42.5 Å². The van der Waals surface area contributed by atoms with Gasteiger partial charge in [0, 0.05) is 12.6 Å². The lowest BCUT2D eigenvalue weighted by Crippen LogP contribution is -2.21. The molecule has 0 atom stereocenters. The Labute approximate surface area is 213 Å². The number of nitrogens with zero attached hydrogens (tertiary/aromatic N) is 2. The molecule has 4 aromatic carbocycles. The van der Waals surface area contributed by atoms with Gasteiger partial charge in [0.1, 0.15) is 30.5 Å². The highest BCUT2D eigenvalue weighted by atomic mass is 16.5. The molecule has 2 N–H and O–H groups in total. The molecule has 0 spiro atoms. The number of hydrogen-bond donors (Lipinski definition) is 2. The van der Waals surface area contributed by atoms with Crippen LogP contribution in [0.25, 0.3) is 21.8 Å². The van der Waals surface area contributed by atoms with E-state index in [1.54, 1.807) is 18.2 Å². The van der Waals surface area contributed by atoms with Crippen LogP contribution in [0, 0.1) is 0 Å². The van der Waals surface area contributed by atoms with E-state index in [2.05, 4.69) is 16.7 Å². The number of aromatic nitrogens is 2. The van der Waals surface area contributed by atoms with Crippen LogP contribution in [0.15, 0.2) is 84.9 Å². The molecule has 8 nitrogen and oxygen atoms in total. The first-order chi connectivity index (χ1) is 18.0. The van der Waals surface area contributed by atoms with Gasteiger partial charge in [-0.3, -0.25) is 9.59 Å². The van der Waals surface area contributed by atoms with Crippen molar-refractivity contribution in [2.45, 2.75) is 20.1 Å². The van der Waals surface area contributed by atoms with Gasteiger partial charge in [-0.2, -0.15) is 0 Å². The molecule has 1 aromatic heterocycles.